The van der Waals surface area contributed by atoms with Gasteiger partial charge in [0, 0.05) is 29.7 Å². The van der Waals surface area contributed by atoms with Gasteiger partial charge in [-0.15, -0.1) is 0 Å². The number of benzene rings is 2. The molecule has 0 radical (unpaired) electrons. The third-order valence-electron chi connectivity index (χ3n) is 5.08. The average molecular weight is 468 g/mol. The third-order valence-corrected chi connectivity index (χ3v) is 5.08. The number of amides is 2. The SMILES string of the molecule is Cn1cc(C=C2OC(=O)N(Cc3cc(C(F)(F)F)cc(C(F)(F)F)c3)C2=O)c2ccccc21. The average Bonchev–Trinajstić information content (AvgIpc) is 3.18. The normalized spacial score (nSPS) is 16.2. The summed E-state index contributed by atoms with van der Waals surface area (Å²) in [6.45, 7) is -0.822. The number of carbonyl (C=O) groups excluding carboxylic acids is 2. The van der Waals surface area contributed by atoms with Crippen LogP contribution in [0, 0.1) is 0 Å². The number of fused-ring (bicyclic) bond motifs is 1. The lowest BCUT2D eigenvalue weighted by atomic mass is 10.0. The van der Waals surface area contributed by atoms with Gasteiger partial charge < -0.3 is 9.30 Å². The van der Waals surface area contributed by atoms with Crippen LogP contribution in [0.15, 0.2) is 54.4 Å². The Hall–Kier alpha value is -3.76. The highest BCUT2D eigenvalue weighted by atomic mass is 19.4. The highest BCUT2D eigenvalue weighted by molar-refractivity contribution is 6.10. The molecule has 1 fully saturated rings. The molecule has 1 aliphatic heterocycles. The van der Waals surface area contributed by atoms with Crippen LogP contribution in [0.1, 0.15) is 22.3 Å². The molecule has 0 aliphatic carbocycles. The van der Waals surface area contributed by atoms with Gasteiger partial charge in [-0.25, -0.2) is 9.69 Å². The van der Waals surface area contributed by atoms with Gasteiger partial charge in [-0.05, 0) is 35.9 Å². The molecule has 4 rings (SSSR count). The number of aromatic nitrogens is 1. The van der Waals surface area contributed by atoms with Gasteiger partial charge in [0.15, 0.2) is 5.76 Å². The van der Waals surface area contributed by atoms with Gasteiger partial charge in [0.2, 0.25) is 0 Å². The molecule has 0 unspecified atom stereocenters. The molecule has 5 nitrogen and oxygen atoms in total. The molecule has 3 aromatic rings. The second-order valence-electron chi connectivity index (χ2n) is 7.39. The van der Waals surface area contributed by atoms with Crippen molar-refractivity contribution in [2.24, 2.45) is 7.05 Å². The summed E-state index contributed by atoms with van der Waals surface area (Å²) in [5, 5.41) is 0.752. The van der Waals surface area contributed by atoms with Gasteiger partial charge in [-0.1, -0.05) is 18.2 Å². The molecule has 0 spiro atoms. The maximum absolute atomic E-state index is 13.1. The van der Waals surface area contributed by atoms with Gasteiger partial charge in [0.1, 0.15) is 0 Å². The molecular formula is C22H14F6N2O3. The Kier molecular flexibility index (Phi) is 5.22. The van der Waals surface area contributed by atoms with E-state index >= 15 is 0 Å². The molecule has 0 N–H and O–H groups in total. The maximum Gasteiger partial charge on any atom is 0.422 e. The predicted molar refractivity (Wildman–Crippen MR) is 104 cm³/mol. The number of carbonyl (C=O) groups is 2. The summed E-state index contributed by atoms with van der Waals surface area (Å²) in [6, 6.07) is 8.08. The van der Waals surface area contributed by atoms with Crippen molar-refractivity contribution in [1.82, 2.24) is 9.47 Å². The Labute approximate surface area is 182 Å². The predicted octanol–water partition coefficient (Wildman–Crippen LogP) is 5.74. The van der Waals surface area contributed by atoms with Crippen LogP contribution in [0.4, 0.5) is 31.1 Å². The largest absolute Gasteiger partial charge is 0.422 e. The van der Waals surface area contributed by atoms with E-state index in [-0.39, 0.29) is 11.8 Å². The molecule has 11 heteroatoms. The molecule has 0 saturated carbocycles. The lowest BCUT2D eigenvalue weighted by Crippen LogP contribution is -2.28. The molecule has 1 aliphatic rings. The smallest absolute Gasteiger partial charge is 0.404 e. The molecule has 2 amide bonds. The van der Waals surface area contributed by atoms with Crippen molar-refractivity contribution in [2.75, 3.05) is 0 Å². The number of hydrogen-bond acceptors (Lipinski definition) is 3. The molecule has 1 aromatic heterocycles. The standard InChI is InChI=1S/C22H14F6N2O3/c1-29-11-13(16-4-2-3-5-17(16)29)8-18-19(31)30(20(32)33-18)10-12-6-14(21(23,24)25)9-15(7-12)22(26,27)28/h2-9,11H,10H2,1H3. The number of nitrogens with zero attached hydrogens (tertiary/aromatic N) is 2. The van der Waals surface area contributed by atoms with Gasteiger partial charge in [-0.2, -0.15) is 26.3 Å². The Bertz CT molecular complexity index is 1270. The van der Waals surface area contributed by atoms with Crippen LogP contribution in [0.25, 0.3) is 17.0 Å². The number of hydrogen-bond donors (Lipinski definition) is 0. The molecule has 33 heavy (non-hydrogen) atoms. The molecule has 0 atom stereocenters. The molecule has 2 aromatic carbocycles. The zero-order chi connectivity index (χ0) is 24.1. The minimum absolute atomic E-state index is 0.0283. The molecule has 172 valence electrons. The minimum atomic E-state index is -5.05. The van der Waals surface area contributed by atoms with Crippen molar-refractivity contribution in [2.45, 2.75) is 18.9 Å². The maximum atomic E-state index is 13.1. The number of imide groups is 1. The van der Waals surface area contributed by atoms with Crippen molar-refractivity contribution >= 4 is 29.0 Å². The Balaban J connectivity index is 1.67. The number of aryl methyl sites for hydroxylation is 1. The molecule has 1 saturated heterocycles. The number of alkyl halides is 6. The summed E-state index contributed by atoms with van der Waals surface area (Å²) in [7, 11) is 1.77. The number of para-hydroxylation sites is 1. The first kappa shape index (κ1) is 22.4. The summed E-state index contributed by atoms with van der Waals surface area (Å²) < 4.78 is 85.3. The van der Waals surface area contributed by atoms with Gasteiger partial charge in [-0.3, -0.25) is 4.79 Å². The van der Waals surface area contributed by atoms with E-state index in [0.29, 0.717) is 22.6 Å². The van der Waals surface area contributed by atoms with E-state index < -0.39 is 47.6 Å². The first-order valence-electron chi connectivity index (χ1n) is 9.42. The zero-order valence-corrected chi connectivity index (χ0v) is 16.8. The van der Waals surface area contributed by atoms with Crippen LogP contribution in [0.2, 0.25) is 0 Å². The van der Waals surface area contributed by atoms with Crippen LogP contribution in [0.3, 0.4) is 0 Å². The summed E-state index contributed by atoms with van der Waals surface area (Å²) in [6.07, 6.45) is -8.31. The van der Waals surface area contributed by atoms with E-state index in [1.165, 1.54) is 6.08 Å². The minimum Gasteiger partial charge on any atom is -0.404 e. The van der Waals surface area contributed by atoms with E-state index in [1.54, 1.807) is 29.9 Å². The topological polar surface area (TPSA) is 51.5 Å². The van der Waals surface area contributed by atoms with E-state index in [4.69, 9.17) is 4.74 Å². The van der Waals surface area contributed by atoms with Crippen molar-refractivity contribution in [1.29, 1.82) is 0 Å². The second kappa shape index (κ2) is 7.68. The first-order valence-corrected chi connectivity index (χ1v) is 9.42. The fourth-order valence-electron chi connectivity index (χ4n) is 3.56. The fraction of sp³-hybridized carbons (Fsp3) is 0.182. The summed E-state index contributed by atoms with van der Waals surface area (Å²) in [5.41, 5.74) is -2.22. The van der Waals surface area contributed by atoms with Crippen LogP contribution in [-0.2, 0) is 35.5 Å². The third kappa shape index (κ3) is 4.30. The summed E-state index contributed by atoms with van der Waals surface area (Å²) in [5.74, 6) is -1.36. The zero-order valence-electron chi connectivity index (χ0n) is 16.8. The number of cyclic esters (lactones) is 1. The lowest BCUT2D eigenvalue weighted by molar-refractivity contribution is -0.143. The van der Waals surface area contributed by atoms with Gasteiger partial charge in [0.25, 0.3) is 5.91 Å². The van der Waals surface area contributed by atoms with E-state index in [9.17, 15) is 35.9 Å². The fourth-order valence-corrected chi connectivity index (χ4v) is 3.56. The Morgan fingerprint density at radius 2 is 1.55 bits per heavy atom. The number of ether oxygens (including phenoxy) is 1. The molecule has 2 heterocycles. The quantitative estimate of drug-likeness (QED) is 0.364. The van der Waals surface area contributed by atoms with E-state index in [2.05, 4.69) is 0 Å². The van der Waals surface area contributed by atoms with E-state index in [1.807, 2.05) is 12.1 Å². The summed E-state index contributed by atoms with van der Waals surface area (Å²) >= 11 is 0. The Morgan fingerprint density at radius 3 is 2.15 bits per heavy atom. The Morgan fingerprint density at radius 1 is 0.939 bits per heavy atom. The van der Waals surface area contributed by atoms with Crippen LogP contribution in [0.5, 0.6) is 0 Å². The van der Waals surface area contributed by atoms with Crippen LogP contribution in [-0.4, -0.2) is 21.5 Å². The van der Waals surface area contributed by atoms with Gasteiger partial charge >= 0.3 is 18.4 Å². The number of halogens is 6. The van der Waals surface area contributed by atoms with Crippen molar-refractivity contribution in [3.63, 3.8) is 0 Å². The summed E-state index contributed by atoms with van der Waals surface area (Å²) in [4.78, 5) is 25.4. The van der Waals surface area contributed by atoms with Crippen molar-refractivity contribution < 1.29 is 40.7 Å². The first-order chi connectivity index (χ1) is 15.3. The molecule has 0 bridgehead atoms. The van der Waals surface area contributed by atoms with Crippen molar-refractivity contribution in [3.8, 4) is 0 Å². The lowest BCUT2D eigenvalue weighted by Gasteiger charge is -2.16. The number of rotatable bonds is 3. The monoisotopic (exact) mass is 468 g/mol. The molecular weight excluding hydrogens is 454 g/mol. The van der Waals surface area contributed by atoms with Crippen LogP contribution < -0.4 is 0 Å². The highest BCUT2D eigenvalue weighted by Gasteiger charge is 2.40. The van der Waals surface area contributed by atoms with Gasteiger partial charge in [0.05, 0.1) is 17.7 Å². The van der Waals surface area contributed by atoms with Crippen LogP contribution >= 0.6 is 0 Å². The second-order valence-corrected chi connectivity index (χ2v) is 7.39. The van der Waals surface area contributed by atoms with E-state index in [0.717, 1.165) is 10.9 Å². The van der Waals surface area contributed by atoms with Crippen molar-refractivity contribution in [3.05, 3.63) is 76.7 Å². The highest BCUT2D eigenvalue weighted by Crippen LogP contribution is 2.37.